The van der Waals surface area contributed by atoms with E-state index >= 15 is 0 Å². The summed E-state index contributed by atoms with van der Waals surface area (Å²) in [6.45, 7) is 0. The Labute approximate surface area is 65.6 Å². The smallest absolute Gasteiger partial charge is 0.261 e. The Kier molecular flexibility index (Phi) is 7.88. The van der Waals surface area contributed by atoms with Crippen LogP contribution in [0.1, 0.15) is 25.7 Å². The van der Waals surface area contributed by atoms with E-state index in [1.807, 2.05) is 0 Å². The largest absolute Gasteiger partial charge is 0.286 e. The van der Waals surface area contributed by atoms with Crippen molar-refractivity contribution in [1.82, 2.24) is 0 Å². The van der Waals surface area contributed by atoms with Gasteiger partial charge in [-0.2, -0.15) is 18.3 Å². The lowest BCUT2D eigenvalue weighted by atomic mass is 10.0. The third kappa shape index (κ3) is 23.9. The van der Waals surface area contributed by atoms with Crippen molar-refractivity contribution in [3.05, 3.63) is 0 Å². The van der Waals surface area contributed by atoms with Gasteiger partial charge >= 0.3 is 0 Å². The van der Waals surface area contributed by atoms with Gasteiger partial charge in [0.25, 0.3) is 10.1 Å². The van der Waals surface area contributed by atoms with Crippen LogP contribution in [0.4, 0.5) is 0 Å². The summed E-state index contributed by atoms with van der Waals surface area (Å²) in [6.07, 6.45) is 6.72. The number of rotatable bonds is 0. The van der Waals surface area contributed by atoms with E-state index in [-0.39, 0.29) is 9.90 Å². The van der Waals surface area contributed by atoms with Gasteiger partial charge in [0.1, 0.15) is 0 Å². The van der Waals surface area contributed by atoms with Crippen LogP contribution >= 0.6 is 9.90 Å². The minimum atomic E-state index is -3.67. The predicted molar refractivity (Wildman–Crippen MR) is 47.0 cm³/mol. The quantitative estimate of drug-likeness (QED) is 0.455. The van der Waals surface area contributed by atoms with Crippen LogP contribution in [0.15, 0.2) is 0 Å². The molecule has 0 saturated heterocycles. The summed E-state index contributed by atoms with van der Waals surface area (Å²) in [5, 5.41) is 0. The standard InChI is InChI=1S/C4H8.CH4O3S.H3P/c1-2-4-3-1;1-5(2,3)4;/h1-4H2;1H3,(H,2,3,4);1H3. The molecule has 1 aliphatic rings. The van der Waals surface area contributed by atoms with Crippen LogP contribution in [0.25, 0.3) is 0 Å². The van der Waals surface area contributed by atoms with Crippen molar-refractivity contribution >= 4 is 20.0 Å². The summed E-state index contributed by atoms with van der Waals surface area (Å²) in [7, 11) is -3.67. The molecule has 0 aromatic heterocycles. The Hall–Kier alpha value is 0.340. The zero-order valence-electron chi connectivity index (χ0n) is 6.21. The zero-order valence-corrected chi connectivity index (χ0v) is 8.44. The summed E-state index contributed by atoms with van der Waals surface area (Å²) in [6, 6.07) is 0. The maximum Gasteiger partial charge on any atom is 0.261 e. The highest BCUT2D eigenvalue weighted by Gasteiger charge is 1.95. The second kappa shape index (κ2) is 6.08. The van der Waals surface area contributed by atoms with Gasteiger partial charge in [-0.05, 0) is 0 Å². The Bertz CT molecular complexity index is 136. The number of hydrogen-bond donors (Lipinski definition) is 1. The Morgan fingerprint density at radius 2 is 1.20 bits per heavy atom. The molecule has 0 heterocycles. The minimum Gasteiger partial charge on any atom is -0.286 e. The van der Waals surface area contributed by atoms with Crippen molar-refractivity contribution < 1.29 is 13.0 Å². The van der Waals surface area contributed by atoms with E-state index in [1.54, 1.807) is 0 Å². The van der Waals surface area contributed by atoms with E-state index in [4.69, 9.17) is 4.55 Å². The maximum atomic E-state index is 9.19. The molecule has 1 aliphatic carbocycles. The van der Waals surface area contributed by atoms with E-state index in [0.717, 1.165) is 0 Å². The average molecular weight is 186 g/mol. The first-order valence-electron chi connectivity index (χ1n) is 2.92. The van der Waals surface area contributed by atoms with Gasteiger partial charge in [0, 0.05) is 0 Å². The summed E-state index contributed by atoms with van der Waals surface area (Å²) >= 11 is 0. The van der Waals surface area contributed by atoms with E-state index in [9.17, 15) is 8.42 Å². The van der Waals surface area contributed by atoms with Crippen LogP contribution in [-0.4, -0.2) is 19.2 Å². The van der Waals surface area contributed by atoms with Crippen molar-refractivity contribution in [2.45, 2.75) is 25.7 Å². The molecule has 0 bridgehead atoms. The molecule has 0 amide bonds. The second-order valence-electron chi connectivity index (χ2n) is 2.15. The molecule has 1 fully saturated rings. The fraction of sp³-hybridized carbons (Fsp3) is 1.00. The van der Waals surface area contributed by atoms with Crippen LogP contribution in [0.2, 0.25) is 0 Å². The third-order valence-electron chi connectivity index (χ3n) is 1.000. The second-order valence-corrected chi connectivity index (χ2v) is 3.61. The van der Waals surface area contributed by atoms with Crippen LogP contribution in [0, 0.1) is 0 Å². The maximum absolute atomic E-state index is 9.19. The fourth-order valence-electron chi connectivity index (χ4n) is 0.250. The molecular formula is C5H15O3PS. The third-order valence-corrected chi connectivity index (χ3v) is 1.000. The van der Waals surface area contributed by atoms with E-state index in [2.05, 4.69) is 0 Å². The molecule has 0 aromatic rings. The molecule has 0 radical (unpaired) electrons. The molecule has 64 valence electrons. The SMILES string of the molecule is C1CCC1.CS(=O)(=O)O.P. The molecule has 3 nitrogen and oxygen atoms in total. The van der Waals surface area contributed by atoms with Crippen molar-refractivity contribution in [2.75, 3.05) is 6.26 Å². The van der Waals surface area contributed by atoms with Gasteiger partial charge in [0.15, 0.2) is 0 Å². The highest BCUT2D eigenvalue weighted by Crippen LogP contribution is 2.15. The first-order chi connectivity index (χ1) is 4.00. The Morgan fingerprint density at radius 3 is 1.20 bits per heavy atom. The van der Waals surface area contributed by atoms with Gasteiger partial charge in [0.2, 0.25) is 0 Å². The molecule has 5 heteroatoms. The lowest BCUT2D eigenvalue weighted by Crippen LogP contribution is -1.88. The monoisotopic (exact) mass is 186 g/mol. The summed E-state index contributed by atoms with van der Waals surface area (Å²) in [4.78, 5) is 0. The molecule has 1 atom stereocenters. The van der Waals surface area contributed by atoms with Crippen molar-refractivity contribution in [2.24, 2.45) is 0 Å². The normalized spacial score (nSPS) is 15.4. The zero-order chi connectivity index (χ0) is 7.33. The molecule has 10 heavy (non-hydrogen) atoms. The molecule has 1 rings (SSSR count). The van der Waals surface area contributed by atoms with Gasteiger partial charge in [-0.25, -0.2) is 0 Å². The van der Waals surface area contributed by atoms with Crippen LogP contribution in [-0.2, 0) is 10.1 Å². The van der Waals surface area contributed by atoms with Gasteiger partial charge < -0.3 is 0 Å². The molecule has 1 saturated carbocycles. The summed E-state index contributed by atoms with van der Waals surface area (Å²) in [5.74, 6) is 0. The molecule has 0 aliphatic heterocycles. The van der Waals surface area contributed by atoms with Crippen LogP contribution in [0.3, 0.4) is 0 Å². The van der Waals surface area contributed by atoms with Crippen LogP contribution in [0.5, 0.6) is 0 Å². The lowest BCUT2D eigenvalue weighted by Gasteiger charge is -2.05. The van der Waals surface area contributed by atoms with E-state index < -0.39 is 10.1 Å². The molecule has 1 unspecified atom stereocenters. The summed E-state index contributed by atoms with van der Waals surface area (Å²) in [5.41, 5.74) is 0. The fourth-order valence-corrected chi connectivity index (χ4v) is 0.250. The Morgan fingerprint density at radius 1 is 1.10 bits per heavy atom. The van der Waals surface area contributed by atoms with E-state index in [0.29, 0.717) is 6.26 Å². The van der Waals surface area contributed by atoms with Crippen molar-refractivity contribution in [1.29, 1.82) is 0 Å². The topological polar surface area (TPSA) is 54.4 Å². The average Bonchev–Trinajstić information content (AvgIpc) is 1.12. The molecular weight excluding hydrogens is 171 g/mol. The molecule has 0 aromatic carbocycles. The van der Waals surface area contributed by atoms with Gasteiger partial charge in [-0.1, -0.05) is 25.7 Å². The number of hydrogen-bond acceptors (Lipinski definition) is 2. The highest BCUT2D eigenvalue weighted by atomic mass is 32.2. The highest BCUT2D eigenvalue weighted by molar-refractivity contribution is 7.85. The van der Waals surface area contributed by atoms with Crippen molar-refractivity contribution in [3.8, 4) is 0 Å². The minimum absolute atomic E-state index is 0. The Balaban J connectivity index is 0. The van der Waals surface area contributed by atoms with Crippen molar-refractivity contribution in [3.63, 3.8) is 0 Å². The predicted octanol–water partition coefficient (Wildman–Crippen LogP) is 1.12. The van der Waals surface area contributed by atoms with Gasteiger partial charge in [0.05, 0.1) is 6.26 Å². The summed E-state index contributed by atoms with van der Waals surface area (Å²) < 4.78 is 25.9. The molecule has 1 N–H and O–H groups in total. The van der Waals surface area contributed by atoms with Gasteiger partial charge in [-0.15, -0.1) is 0 Å². The first-order valence-corrected chi connectivity index (χ1v) is 4.77. The van der Waals surface area contributed by atoms with Gasteiger partial charge in [-0.3, -0.25) is 4.55 Å². The molecule has 0 spiro atoms. The van der Waals surface area contributed by atoms with E-state index in [1.165, 1.54) is 25.7 Å². The van der Waals surface area contributed by atoms with Crippen LogP contribution < -0.4 is 0 Å². The first kappa shape index (κ1) is 13.0. The lowest BCUT2D eigenvalue weighted by molar-refractivity contribution is 0.490.